The van der Waals surface area contributed by atoms with E-state index in [0.717, 1.165) is 0 Å². The van der Waals surface area contributed by atoms with Crippen molar-refractivity contribution < 1.29 is 9.18 Å². The highest BCUT2D eigenvalue weighted by atomic mass is 32.2. The minimum Gasteiger partial charge on any atom is -0.348 e. The molecule has 1 N–H and O–H groups in total. The lowest BCUT2D eigenvalue weighted by Gasteiger charge is -2.18. The van der Waals surface area contributed by atoms with Gasteiger partial charge in [-0.3, -0.25) is 9.36 Å². The minimum absolute atomic E-state index is 0.0572. The van der Waals surface area contributed by atoms with E-state index in [9.17, 15) is 9.18 Å². The Bertz CT molecular complexity index is 652. The van der Waals surface area contributed by atoms with Gasteiger partial charge < -0.3 is 5.32 Å². The Labute approximate surface area is 134 Å². The Morgan fingerprint density at radius 3 is 2.45 bits per heavy atom. The van der Waals surface area contributed by atoms with Crippen molar-refractivity contribution in [1.29, 1.82) is 0 Å². The number of amides is 1. The molecule has 6 heteroatoms. The van der Waals surface area contributed by atoms with Crippen molar-refractivity contribution in [2.45, 2.75) is 32.0 Å². The summed E-state index contributed by atoms with van der Waals surface area (Å²) in [7, 11) is 0. The molecule has 118 valence electrons. The summed E-state index contributed by atoms with van der Waals surface area (Å²) in [6.45, 7) is 6.07. The van der Waals surface area contributed by atoms with Crippen molar-refractivity contribution in [3.05, 3.63) is 42.0 Å². The van der Waals surface area contributed by atoms with Gasteiger partial charge in [0.05, 0.1) is 6.20 Å². The van der Waals surface area contributed by atoms with Crippen LogP contribution in [0.2, 0.25) is 0 Å². The predicted molar refractivity (Wildman–Crippen MR) is 87.1 cm³/mol. The van der Waals surface area contributed by atoms with Gasteiger partial charge in [-0.1, -0.05) is 25.6 Å². The van der Waals surface area contributed by atoms with Crippen molar-refractivity contribution >= 4 is 17.7 Å². The number of halogens is 1. The Hall–Kier alpha value is -1.82. The highest BCUT2D eigenvalue weighted by molar-refractivity contribution is 7.98. The number of carbonyl (C=O) groups excluding carboxylic acids is 1. The molecule has 0 radical (unpaired) electrons. The van der Waals surface area contributed by atoms with Crippen molar-refractivity contribution in [2.75, 3.05) is 6.26 Å². The van der Waals surface area contributed by atoms with Gasteiger partial charge in [0, 0.05) is 11.7 Å². The van der Waals surface area contributed by atoms with Crippen LogP contribution in [0.3, 0.4) is 0 Å². The monoisotopic (exact) mass is 321 g/mol. The first-order valence-corrected chi connectivity index (χ1v) is 8.35. The number of aromatic nitrogens is 2. The molecule has 1 atom stereocenters. The molecule has 0 fully saturated rings. The van der Waals surface area contributed by atoms with E-state index in [-0.39, 0.29) is 17.8 Å². The Balaban J connectivity index is 2.39. The van der Waals surface area contributed by atoms with Crippen LogP contribution in [0.4, 0.5) is 4.39 Å². The van der Waals surface area contributed by atoms with Crippen LogP contribution >= 0.6 is 11.8 Å². The molecule has 4 nitrogen and oxygen atoms in total. The van der Waals surface area contributed by atoms with Gasteiger partial charge in [0.25, 0.3) is 5.91 Å². The summed E-state index contributed by atoms with van der Waals surface area (Å²) in [5.74, 6) is -0.154. The summed E-state index contributed by atoms with van der Waals surface area (Å²) in [6.07, 6.45) is 3.44. The molecule has 1 aromatic heterocycles. The molecule has 0 aliphatic carbocycles. The third kappa shape index (κ3) is 3.50. The van der Waals surface area contributed by atoms with Crippen LogP contribution in [-0.4, -0.2) is 27.8 Å². The number of rotatable bonds is 5. The maximum Gasteiger partial charge on any atom is 0.270 e. The molecule has 2 rings (SSSR count). The van der Waals surface area contributed by atoms with Gasteiger partial charge in [-0.05, 0) is 43.4 Å². The van der Waals surface area contributed by atoms with Gasteiger partial charge in [0.15, 0.2) is 5.16 Å². The maximum atomic E-state index is 13.1. The van der Waals surface area contributed by atoms with Crippen LogP contribution in [0.25, 0.3) is 5.69 Å². The number of benzene rings is 1. The smallest absolute Gasteiger partial charge is 0.270 e. The summed E-state index contributed by atoms with van der Waals surface area (Å²) in [6, 6.07) is 6.08. The van der Waals surface area contributed by atoms with Gasteiger partial charge in [-0.25, -0.2) is 9.37 Å². The van der Waals surface area contributed by atoms with Gasteiger partial charge in [0.1, 0.15) is 11.5 Å². The first-order chi connectivity index (χ1) is 10.4. The molecule has 0 aliphatic heterocycles. The molecule has 0 saturated heterocycles. The SMILES string of the molecule is CSc1ncc(C(=O)NC(C)C(C)C)n1-c1ccc(F)cc1. The van der Waals surface area contributed by atoms with Gasteiger partial charge in [0.2, 0.25) is 0 Å². The van der Waals surface area contributed by atoms with Crippen molar-refractivity contribution in [3.63, 3.8) is 0 Å². The van der Waals surface area contributed by atoms with Gasteiger partial charge in [-0.2, -0.15) is 0 Å². The summed E-state index contributed by atoms with van der Waals surface area (Å²) in [4.78, 5) is 16.8. The van der Waals surface area contributed by atoms with Crippen molar-refractivity contribution in [1.82, 2.24) is 14.9 Å². The van der Waals surface area contributed by atoms with E-state index >= 15 is 0 Å². The van der Waals surface area contributed by atoms with Crippen LogP contribution in [0, 0.1) is 11.7 Å². The summed E-state index contributed by atoms with van der Waals surface area (Å²) < 4.78 is 14.9. The van der Waals surface area contributed by atoms with E-state index in [4.69, 9.17) is 0 Å². The highest BCUT2D eigenvalue weighted by Crippen LogP contribution is 2.22. The fourth-order valence-electron chi connectivity index (χ4n) is 1.93. The number of thioether (sulfide) groups is 1. The standard InChI is InChI=1S/C16H20FN3OS/c1-10(2)11(3)19-15(21)14-9-18-16(22-4)20(14)13-7-5-12(17)6-8-13/h5-11H,1-4H3,(H,19,21). The lowest BCUT2D eigenvalue weighted by atomic mass is 10.1. The van der Waals surface area contributed by atoms with Crippen LogP contribution in [0.1, 0.15) is 31.3 Å². The molecule has 2 aromatic rings. The zero-order valence-corrected chi connectivity index (χ0v) is 13.9. The Morgan fingerprint density at radius 1 is 1.27 bits per heavy atom. The molecule has 1 amide bonds. The quantitative estimate of drug-likeness (QED) is 0.857. The van der Waals surface area contributed by atoms with Crippen LogP contribution < -0.4 is 5.32 Å². The van der Waals surface area contributed by atoms with E-state index in [0.29, 0.717) is 22.5 Å². The van der Waals surface area contributed by atoms with Crippen molar-refractivity contribution in [3.8, 4) is 5.69 Å². The second-order valence-corrected chi connectivity index (χ2v) is 6.22. The van der Waals surface area contributed by atoms with E-state index < -0.39 is 0 Å². The number of hydrogen-bond donors (Lipinski definition) is 1. The topological polar surface area (TPSA) is 46.9 Å². The molecule has 1 unspecified atom stereocenters. The number of hydrogen-bond acceptors (Lipinski definition) is 3. The fraction of sp³-hybridized carbons (Fsp3) is 0.375. The first-order valence-electron chi connectivity index (χ1n) is 7.12. The average molecular weight is 321 g/mol. The first kappa shape index (κ1) is 16.5. The number of nitrogens with one attached hydrogen (secondary N) is 1. The highest BCUT2D eigenvalue weighted by Gasteiger charge is 2.20. The molecule has 0 saturated carbocycles. The summed E-state index contributed by atoms with van der Waals surface area (Å²) in [5.41, 5.74) is 1.16. The maximum absolute atomic E-state index is 13.1. The molecular weight excluding hydrogens is 301 g/mol. The van der Waals surface area contributed by atoms with Crippen molar-refractivity contribution in [2.24, 2.45) is 5.92 Å². The average Bonchev–Trinajstić information content (AvgIpc) is 2.91. The molecule has 0 aliphatic rings. The third-order valence-corrected chi connectivity index (χ3v) is 4.24. The molecule has 22 heavy (non-hydrogen) atoms. The summed E-state index contributed by atoms with van der Waals surface area (Å²) in [5, 5.41) is 3.66. The number of nitrogens with zero attached hydrogens (tertiary/aromatic N) is 2. The lowest BCUT2D eigenvalue weighted by molar-refractivity contribution is 0.0923. The second kappa shape index (κ2) is 6.96. The number of carbonyl (C=O) groups is 1. The van der Waals surface area contributed by atoms with Crippen LogP contribution in [-0.2, 0) is 0 Å². The van der Waals surface area contributed by atoms with Crippen LogP contribution in [0.5, 0.6) is 0 Å². The zero-order chi connectivity index (χ0) is 16.3. The lowest BCUT2D eigenvalue weighted by Crippen LogP contribution is -2.37. The second-order valence-electron chi connectivity index (χ2n) is 5.45. The summed E-state index contributed by atoms with van der Waals surface area (Å²) >= 11 is 1.44. The molecule has 0 spiro atoms. The van der Waals surface area contributed by atoms with E-state index in [1.165, 1.54) is 23.9 Å². The minimum atomic E-state index is -0.311. The molecule has 1 aromatic carbocycles. The van der Waals surface area contributed by atoms with E-state index in [1.54, 1.807) is 22.9 Å². The molecule has 1 heterocycles. The van der Waals surface area contributed by atoms with Gasteiger partial charge in [-0.15, -0.1) is 0 Å². The fourth-order valence-corrected chi connectivity index (χ4v) is 2.47. The Morgan fingerprint density at radius 2 is 1.91 bits per heavy atom. The van der Waals surface area contributed by atoms with E-state index in [1.807, 2.05) is 13.2 Å². The molecule has 0 bridgehead atoms. The zero-order valence-electron chi connectivity index (χ0n) is 13.1. The third-order valence-electron chi connectivity index (χ3n) is 3.59. The normalized spacial score (nSPS) is 12.5. The van der Waals surface area contributed by atoms with E-state index in [2.05, 4.69) is 24.1 Å². The Kier molecular flexibility index (Phi) is 5.24. The largest absolute Gasteiger partial charge is 0.348 e. The van der Waals surface area contributed by atoms with Crippen LogP contribution in [0.15, 0.2) is 35.6 Å². The van der Waals surface area contributed by atoms with Gasteiger partial charge >= 0.3 is 0 Å². The predicted octanol–water partition coefficient (Wildman–Crippen LogP) is 3.51. The number of imidazole rings is 1. The molecular formula is C16H20FN3OS.